The van der Waals surface area contributed by atoms with E-state index in [1.54, 1.807) is 6.33 Å². The third-order valence-corrected chi connectivity index (χ3v) is 6.06. The van der Waals surface area contributed by atoms with E-state index in [-0.39, 0.29) is 0 Å². The van der Waals surface area contributed by atoms with Gasteiger partial charge in [-0.25, -0.2) is 14.8 Å². The van der Waals surface area contributed by atoms with E-state index in [2.05, 4.69) is 52.1 Å². The number of piperidine rings is 1. The molecule has 0 saturated carbocycles. The molecule has 2 aliphatic rings. The highest BCUT2D eigenvalue weighted by atomic mass is 16.4. The molecule has 0 spiro atoms. The summed E-state index contributed by atoms with van der Waals surface area (Å²) >= 11 is 0. The zero-order valence-electron chi connectivity index (χ0n) is 16.0. The van der Waals surface area contributed by atoms with Crippen molar-refractivity contribution in [3.8, 4) is 0 Å². The molecule has 2 aliphatic heterocycles. The monoisotopic (exact) mass is 369 g/mol. The van der Waals surface area contributed by atoms with E-state index < -0.39 is 6.09 Å². The lowest BCUT2D eigenvalue weighted by atomic mass is 9.91. The number of fused-ring (bicyclic) bond motifs is 1. The van der Waals surface area contributed by atoms with Crippen molar-refractivity contribution in [1.82, 2.24) is 19.8 Å². The summed E-state index contributed by atoms with van der Waals surface area (Å²) in [7, 11) is 4.29. The number of aromatic nitrogens is 2. The Morgan fingerprint density at radius 3 is 2.59 bits per heavy atom. The number of benzene rings is 1. The van der Waals surface area contributed by atoms with E-state index >= 15 is 0 Å². The van der Waals surface area contributed by atoms with Gasteiger partial charge in [0.2, 0.25) is 0 Å². The predicted octanol–water partition coefficient (Wildman–Crippen LogP) is 2.63. The summed E-state index contributed by atoms with van der Waals surface area (Å²) in [5.41, 5.74) is 3.26. The molecule has 2 aromatic rings. The molecule has 0 radical (unpaired) electrons. The first-order chi connectivity index (χ1) is 13.0. The molecule has 1 N–H and O–H groups in total. The molecule has 0 aliphatic carbocycles. The molecule has 2 fully saturated rings. The molecule has 3 heterocycles. The van der Waals surface area contributed by atoms with Gasteiger partial charge in [-0.1, -0.05) is 0 Å². The van der Waals surface area contributed by atoms with Crippen LogP contribution in [0.4, 0.5) is 10.5 Å². The Morgan fingerprint density at radius 2 is 1.93 bits per heavy atom. The molecule has 1 aromatic carbocycles. The van der Waals surface area contributed by atoms with Crippen LogP contribution in [-0.4, -0.2) is 77.3 Å². The maximum Gasteiger partial charge on any atom is 0.407 e. The van der Waals surface area contributed by atoms with E-state index in [4.69, 9.17) is 5.11 Å². The van der Waals surface area contributed by atoms with Gasteiger partial charge in [0.25, 0.3) is 0 Å². The molecular formula is C20H27N5O2. The average molecular weight is 369 g/mol. The van der Waals surface area contributed by atoms with Gasteiger partial charge in [0.05, 0.1) is 11.2 Å². The first-order valence-electron chi connectivity index (χ1n) is 9.67. The smallest absolute Gasteiger partial charge is 0.407 e. The lowest BCUT2D eigenvalue weighted by Gasteiger charge is -2.30. The quantitative estimate of drug-likeness (QED) is 0.897. The van der Waals surface area contributed by atoms with E-state index in [1.807, 2.05) is 0 Å². The Labute approximate surface area is 159 Å². The Bertz CT molecular complexity index is 832. The summed E-state index contributed by atoms with van der Waals surface area (Å²) in [5.74, 6) is 0.293. The van der Waals surface area contributed by atoms with Crippen molar-refractivity contribution >= 4 is 22.7 Å². The maximum absolute atomic E-state index is 11.1. The van der Waals surface area contributed by atoms with Crippen LogP contribution in [0.15, 0.2) is 24.5 Å². The summed E-state index contributed by atoms with van der Waals surface area (Å²) in [6.07, 6.45) is 3.64. The standard InChI is InChI=1S/C20H27N5O2/c1-23(2)16-7-10-25(12-16)15-3-4-17-18(11-15)21-13-22-19(17)14-5-8-24(9-6-14)20(26)27/h3-4,11,13-14,16H,5-10,12H2,1-2H3,(H,26,27)/t16-/m1/s1. The molecule has 1 atom stereocenters. The van der Waals surface area contributed by atoms with Crippen molar-refractivity contribution in [2.24, 2.45) is 0 Å². The fraction of sp³-hybridized carbons (Fsp3) is 0.550. The van der Waals surface area contributed by atoms with Crippen LogP contribution in [-0.2, 0) is 0 Å². The molecule has 0 unspecified atom stereocenters. The van der Waals surface area contributed by atoms with Gasteiger partial charge >= 0.3 is 6.09 Å². The summed E-state index contributed by atoms with van der Waals surface area (Å²) in [5, 5.41) is 10.2. The predicted molar refractivity (Wildman–Crippen MR) is 105 cm³/mol. The summed E-state index contributed by atoms with van der Waals surface area (Å²) in [6.45, 7) is 3.26. The number of hydrogen-bond donors (Lipinski definition) is 1. The molecular weight excluding hydrogens is 342 g/mol. The Balaban J connectivity index is 1.55. The van der Waals surface area contributed by atoms with Crippen molar-refractivity contribution in [3.63, 3.8) is 0 Å². The fourth-order valence-corrected chi connectivity index (χ4v) is 4.33. The minimum atomic E-state index is -0.827. The third kappa shape index (κ3) is 3.56. The molecule has 7 nitrogen and oxygen atoms in total. The normalized spacial score (nSPS) is 21.4. The maximum atomic E-state index is 11.1. The van der Waals surface area contributed by atoms with Crippen LogP contribution in [0.2, 0.25) is 0 Å². The van der Waals surface area contributed by atoms with Crippen LogP contribution in [0.5, 0.6) is 0 Å². The Morgan fingerprint density at radius 1 is 1.15 bits per heavy atom. The largest absolute Gasteiger partial charge is 0.465 e. The minimum absolute atomic E-state index is 0.293. The van der Waals surface area contributed by atoms with Crippen molar-refractivity contribution in [2.45, 2.75) is 31.2 Å². The number of likely N-dealkylation sites (N-methyl/N-ethyl adjacent to an activating group) is 1. The summed E-state index contributed by atoms with van der Waals surface area (Å²) < 4.78 is 0. The second-order valence-corrected chi connectivity index (χ2v) is 7.86. The number of hydrogen-bond acceptors (Lipinski definition) is 5. The lowest BCUT2D eigenvalue weighted by Crippen LogP contribution is -2.37. The van der Waals surface area contributed by atoms with E-state index in [0.717, 1.165) is 42.5 Å². The zero-order chi connectivity index (χ0) is 19.0. The van der Waals surface area contributed by atoms with Crippen molar-refractivity contribution in [3.05, 3.63) is 30.2 Å². The number of anilines is 1. The molecule has 4 rings (SSSR count). The Kier molecular flexibility index (Phi) is 4.86. The molecule has 7 heteroatoms. The van der Waals surface area contributed by atoms with Gasteiger partial charge < -0.3 is 19.8 Å². The number of likely N-dealkylation sites (tertiary alicyclic amines) is 1. The SMILES string of the molecule is CN(C)[C@@H]1CCN(c2ccc3c(C4CCN(C(=O)O)CC4)ncnc3c2)C1. The van der Waals surface area contributed by atoms with Crippen LogP contribution < -0.4 is 4.90 Å². The first kappa shape index (κ1) is 18.0. The van der Waals surface area contributed by atoms with E-state index in [9.17, 15) is 4.79 Å². The topological polar surface area (TPSA) is 72.8 Å². The molecule has 2 saturated heterocycles. The average Bonchev–Trinajstić information content (AvgIpc) is 3.18. The van der Waals surface area contributed by atoms with Crippen LogP contribution in [0.3, 0.4) is 0 Å². The van der Waals surface area contributed by atoms with E-state index in [1.165, 1.54) is 17.0 Å². The molecule has 144 valence electrons. The number of nitrogens with zero attached hydrogens (tertiary/aromatic N) is 5. The molecule has 1 aromatic heterocycles. The van der Waals surface area contributed by atoms with Crippen LogP contribution >= 0.6 is 0 Å². The van der Waals surface area contributed by atoms with Crippen molar-refractivity contribution < 1.29 is 9.90 Å². The third-order valence-electron chi connectivity index (χ3n) is 6.06. The van der Waals surface area contributed by atoms with Crippen molar-refractivity contribution in [2.75, 3.05) is 45.2 Å². The second kappa shape index (κ2) is 7.31. The highest BCUT2D eigenvalue weighted by molar-refractivity contribution is 5.84. The molecule has 27 heavy (non-hydrogen) atoms. The van der Waals surface area contributed by atoms with Gasteiger partial charge in [-0.15, -0.1) is 0 Å². The lowest BCUT2D eigenvalue weighted by molar-refractivity contribution is 0.132. The van der Waals surface area contributed by atoms with Gasteiger partial charge in [0.15, 0.2) is 0 Å². The second-order valence-electron chi connectivity index (χ2n) is 7.86. The summed E-state index contributed by atoms with van der Waals surface area (Å²) in [4.78, 5) is 26.4. The number of amides is 1. The van der Waals surface area contributed by atoms with Crippen molar-refractivity contribution in [1.29, 1.82) is 0 Å². The minimum Gasteiger partial charge on any atom is -0.465 e. The number of carbonyl (C=O) groups is 1. The molecule has 1 amide bonds. The number of rotatable bonds is 3. The highest BCUT2D eigenvalue weighted by Crippen LogP contribution is 2.33. The summed E-state index contributed by atoms with van der Waals surface area (Å²) in [6, 6.07) is 7.10. The fourth-order valence-electron chi connectivity index (χ4n) is 4.33. The van der Waals surface area contributed by atoms with E-state index in [0.29, 0.717) is 25.0 Å². The van der Waals surface area contributed by atoms with Gasteiger partial charge in [-0.3, -0.25) is 0 Å². The number of carboxylic acid groups (broad SMARTS) is 1. The van der Waals surface area contributed by atoms with Crippen LogP contribution in [0, 0.1) is 0 Å². The van der Waals surface area contributed by atoms with Gasteiger partial charge in [0, 0.05) is 49.2 Å². The van der Waals surface area contributed by atoms with Crippen LogP contribution in [0.1, 0.15) is 30.9 Å². The zero-order valence-corrected chi connectivity index (χ0v) is 16.0. The highest BCUT2D eigenvalue weighted by Gasteiger charge is 2.27. The molecule has 0 bridgehead atoms. The van der Waals surface area contributed by atoms with Gasteiger partial charge in [0.1, 0.15) is 6.33 Å². The van der Waals surface area contributed by atoms with Crippen LogP contribution in [0.25, 0.3) is 10.9 Å². The Hall–Kier alpha value is -2.41. The van der Waals surface area contributed by atoms with Gasteiger partial charge in [-0.05, 0) is 51.6 Å². The first-order valence-corrected chi connectivity index (χ1v) is 9.67. The van der Waals surface area contributed by atoms with Gasteiger partial charge in [-0.2, -0.15) is 0 Å².